The molecule has 27 heavy (non-hydrogen) atoms. The third-order valence-electron chi connectivity index (χ3n) is 4.90. The van der Waals surface area contributed by atoms with E-state index in [0.29, 0.717) is 18.7 Å². The second-order valence-electron chi connectivity index (χ2n) is 6.89. The van der Waals surface area contributed by atoms with Crippen molar-refractivity contribution in [2.24, 2.45) is 0 Å². The summed E-state index contributed by atoms with van der Waals surface area (Å²) in [5, 5.41) is 2.86. The number of amides is 1. The van der Waals surface area contributed by atoms with Gasteiger partial charge in [0.1, 0.15) is 0 Å². The second-order valence-corrected chi connectivity index (χ2v) is 8.79. The third kappa shape index (κ3) is 4.75. The van der Waals surface area contributed by atoms with Gasteiger partial charge in [0.25, 0.3) is 5.91 Å². The number of carbonyl (C=O) groups is 1. The van der Waals surface area contributed by atoms with Crippen LogP contribution < -0.4 is 5.32 Å². The lowest BCUT2D eigenvalue weighted by atomic mass is 10.1. The number of nitrogens with zero attached hydrogens (tertiary/aromatic N) is 3. The Balaban J connectivity index is 1.56. The quantitative estimate of drug-likeness (QED) is 0.735. The van der Waals surface area contributed by atoms with Crippen LogP contribution in [0.5, 0.6) is 0 Å². The highest BCUT2D eigenvalue weighted by molar-refractivity contribution is 7.89. The maximum atomic E-state index is 12.8. The molecule has 8 heteroatoms. The molecule has 0 radical (unpaired) electrons. The van der Waals surface area contributed by atoms with Gasteiger partial charge < -0.3 is 9.88 Å². The topological polar surface area (TPSA) is 84.3 Å². The van der Waals surface area contributed by atoms with E-state index in [4.69, 9.17) is 0 Å². The van der Waals surface area contributed by atoms with Crippen LogP contribution in [0.4, 0.5) is 0 Å². The average Bonchev–Trinajstić information content (AvgIpc) is 3.19. The van der Waals surface area contributed by atoms with Crippen LogP contribution in [0.3, 0.4) is 0 Å². The summed E-state index contributed by atoms with van der Waals surface area (Å²) >= 11 is 0. The van der Waals surface area contributed by atoms with Gasteiger partial charge in [-0.3, -0.25) is 4.79 Å². The number of aromatic nitrogens is 2. The Bertz CT molecular complexity index is 848. The lowest BCUT2D eigenvalue weighted by Crippen LogP contribution is -2.41. The molecule has 1 unspecified atom stereocenters. The summed E-state index contributed by atoms with van der Waals surface area (Å²) in [6.07, 6.45) is 8.98. The van der Waals surface area contributed by atoms with Gasteiger partial charge in [-0.25, -0.2) is 13.4 Å². The average molecular weight is 391 g/mol. The van der Waals surface area contributed by atoms with Crippen molar-refractivity contribution >= 4 is 15.9 Å². The predicted molar refractivity (Wildman–Crippen MR) is 103 cm³/mol. The van der Waals surface area contributed by atoms with E-state index in [-0.39, 0.29) is 16.8 Å². The van der Waals surface area contributed by atoms with E-state index in [2.05, 4.69) is 10.3 Å². The van der Waals surface area contributed by atoms with E-state index < -0.39 is 10.0 Å². The van der Waals surface area contributed by atoms with Crippen LogP contribution in [0.2, 0.25) is 0 Å². The van der Waals surface area contributed by atoms with Crippen molar-refractivity contribution < 1.29 is 13.2 Å². The van der Waals surface area contributed by atoms with E-state index in [1.54, 1.807) is 29.0 Å². The van der Waals surface area contributed by atoms with Crippen LogP contribution in [0, 0.1) is 0 Å². The first-order valence-electron chi connectivity index (χ1n) is 9.34. The van der Waals surface area contributed by atoms with Gasteiger partial charge in [-0.1, -0.05) is 6.42 Å². The Kier molecular flexibility index (Phi) is 6.28. The van der Waals surface area contributed by atoms with Gasteiger partial charge in [-0.15, -0.1) is 0 Å². The number of piperidine rings is 1. The summed E-state index contributed by atoms with van der Waals surface area (Å²) in [4.78, 5) is 16.4. The number of nitrogens with one attached hydrogen (secondary N) is 1. The van der Waals surface area contributed by atoms with Crippen molar-refractivity contribution in [3.8, 4) is 0 Å². The minimum absolute atomic E-state index is 0.0159. The fourth-order valence-electron chi connectivity index (χ4n) is 3.33. The second kappa shape index (κ2) is 8.67. The standard InChI is InChI=1S/C19H26N4O3S/c1-16-5-2-3-13-23(16)27(25,26)18-8-6-17(7-9-18)19(24)21-10-4-12-22-14-11-20-15-22/h6-9,11,14-16H,2-5,10,12-13H2,1H3,(H,21,24). The normalized spacial score (nSPS) is 18.3. The van der Waals surface area contributed by atoms with Gasteiger partial charge in [-0.05, 0) is 50.5 Å². The molecule has 2 aromatic rings. The molecule has 1 aliphatic rings. The van der Waals surface area contributed by atoms with E-state index in [9.17, 15) is 13.2 Å². The Labute approximate surface area is 160 Å². The maximum absolute atomic E-state index is 12.8. The molecule has 0 spiro atoms. The third-order valence-corrected chi connectivity index (χ3v) is 6.93. The first-order valence-corrected chi connectivity index (χ1v) is 10.8. The number of sulfonamides is 1. The van der Waals surface area contributed by atoms with Gasteiger partial charge in [0, 0.05) is 43.6 Å². The van der Waals surface area contributed by atoms with Crippen molar-refractivity contribution in [1.29, 1.82) is 0 Å². The Morgan fingerprint density at radius 1 is 1.26 bits per heavy atom. The molecule has 0 aliphatic carbocycles. The van der Waals surface area contributed by atoms with Crippen molar-refractivity contribution in [2.45, 2.75) is 50.1 Å². The molecule has 1 aliphatic heterocycles. The molecule has 1 atom stereocenters. The molecule has 1 aromatic carbocycles. The molecule has 1 N–H and O–H groups in total. The summed E-state index contributed by atoms with van der Waals surface area (Å²) in [5.74, 6) is -0.198. The van der Waals surface area contributed by atoms with Crippen molar-refractivity contribution in [1.82, 2.24) is 19.2 Å². The molecule has 1 fully saturated rings. The summed E-state index contributed by atoms with van der Waals surface area (Å²) < 4.78 is 29.2. The van der Waals surface area contributed by atoms with Gasteiger partial charge in [0.05, 0.1) is 11.2 Å². The summed E-state index contributed by atoms with van der Waals surface area (Å²) in [7, 11) is -3.51. The molecular formula is C19H26N4O3S. The zero-order chi connectivity index (χ0) is 19.3. The van der Waals surface area contributed by atoms with Gasteiger partial charge >= 0.3 is 0 Å². The molecule has 1 amide bonds. The molecule has 2 heterocycles. The van der Waals surface area contributed by atoms with E-state index in [1.165, 1.54) is 12.1 Å². The van der Waals surface area contributed by atoms with Crippen LogP contribution in [0.1, 0.15) is 43.0 Å². The smallest absolute Gasteiger partial charge is 0.251 e. The zero-order valence-corrected chi connectivity index (χ0v) is 16.4. The van der Waals surface area contributed by atoms with E-state index in [1.807, 2.05) is 17.7 Å². The Morgan fingerprint density at radius 2 is 2.04 bits per heavy atom. The largest absolute Gasteiger partial charge is 0.352 e. The molecule has 146 valence electrons. The number of aryl methyl sites for hydroxylation is 1. The highest BCUT2D eigenvalue weighted by atomic mass is 32.2. The number of imidazole rings is 1. The number of rotatable bonds is 7. The van der Waals surface area contributed by atoms with Crippen LogP contribution in [-0.2, 0) is 16.6 Å². The van der Waals surface area contributed by atoms with Gasteiger partial charge in [0.2, 0.25) is 10.0 Å². The molecule has 1 saturated heterocycles. The molecule has 0 saturated carbocycles. The fraction of sp³-hybridized carbons (Fsp3) is 0.474. The van der Waals surface area contributed by atoms with E-state index in [0.717, 1.165) is 32.2 Å². The van der Waals surface area contributed by atoms with Gasteiger partial charge in [-0.2, -0.15) is 4.31 Å². The molecule has 3 rings (SSSR count). The Hall–Kier alpha value is -2.19. The number of carbonyl (C=O) groups excluding carboxylic acids is 1. The van der Waals surface area contributed by atoms with Crippen molar-refractivity contribution in [3.63, 3.8) is 0 Å². The molecular weight excluding hydrogens is 364 g/mol. The lowest BCUT2D eigenvalue weighted by Gasteiger charge is -2.32. The first-order chi connectivity index (χ1) is 13.0. The Morgan fingerprint density at radius 3 is 2.70 bits per heavy atom. The minimum atomic E-state index is -3.51. The lowest BCUT2D eigenvalue weighted by molar-refractivity contribution is 0.0952. The van der Waals surface area contributed by atoms with Crippen LogP contribution in [0.25, 0.3) is 0 Å². The van der Waals surface area contributed by atoms with E-state index >= 15 is 0 Å². The number of benzene rings is 1. The molecule has 7 nitrogen and oxygen atoms in total. The SMILES string of the molecule is CC1CCCCN1S(=O)(=O)c1ccc(C(=O)NCCCn2ccnc2)cc1. The van der Waals surface area contributed by atoms with Crippen molar-refractivity contribution in [3.05, 3.63) is 48.5 Å². The molecule has 0 bridgehead atoms. The first kappa shape index (κ1) is 19.6. The predicted octanol–water partition coefficient (Wildman–Crippen LogP) is 2.27. The highest BCUT2D eigenvalue weighted by Crippen LogP contribution is 2.25. The summed E-state index contributed by atoms with van der Waals surface area (Å²) in [6, 6.07) is 6.22. The van der Waals surface area contributed by atoms with Gasteiger partial charge in [0.15, 0.2) is 0 Å². The molecule has 1 aromatic heterocycles. The minimum Gasteiger partial charge on any atom is -0.352 e. The highest BCUT2D eigenvalue weighted by Gasteiger charge is 2.30. The monoisotopic (exact) mass is 390 g/mol. The number of hydrogen-bond donors (Lipinski definition) is 1. The fourth-order valence-corrected chi connectivity index (χ4v) is 5.03. The number of hydrogen-bond acceptors (Lipinski definition) is 4. The summed E-state index contributed by atoms with van der Waals surface area (Å²) in [5.41, 5.74) is 0.461. The van der Waals surface area contributed by atoms with Crippen LogP contribution in [-0.4, -0.2) is 47.3 Å². The van der Waals surface area contributed by atoms with Crippen LogP contribution in [0.15, 0.2) is 47.9 Å². The van der Waals surface area contributed by atoms with Crippen LogP contribution >= 0.6 is 0 Å². The zero-order valence-electron chi connectivity index (χ0n) is 15.5. The maximum Gasteiger partial charge on any atom is 0.251 e. The van der Waals surface area contributed by atoms with Crippen molar-refractivity contribution in [2.75, 3.05) is 13.1 Å². The summed E-state index contributed by atoms with van der Waals surface area (Å²) in [6.45, 7) is 3.83.